The molecule has 0 spiro atoms. The number of aliphatic hydroxyl groups is 11. The minimum atomic E-state index is -1.99. The third-order valence-electron chi connectivity index (χ3n) is 12.9. The lowest BCUT2D eigenvalue weighted by atomic mass is 9.96. The minimum absolute atomic E-state index is 0.156. The summed E-state index contributed by atoms with van der Waals surface area (Å²) < 4.78 is 34.0. The number of carbonyl (C=O) groups excluding carboxylic acids is 1. The molecule has 0 bridgehead atoms. The monoisotopic (exact) mass is 1070 g/mol. The lowest BCUT2D eigenvalue weighted by Gasteiger charge is -2.48. The van der Waals surface area contributed by atoms with E-state index in [1.54, 1.807) is 6.08 Å². The molecule has 0 aromatic rings. The average Bonchev–Trinajstić information content (AvgIpc) is 3.41. The summed E-state index contributed by atoms with van der Waals surface area (Å²) in [6.45, 7) is 1.44. The van der Waals surface area contributed by atoms with Crippen molar-refractivity contribution in [2.24, 2.45) is 0 Å². The molecule has 428 valence electrons. The van der Waals surface area contributed by atoms with E-state index in [4.69, 9.17) is 28.4 Å². The molecule has 0 aromatic carbocycles. The van der Waals surface area contributed by atoms with E-state index in [2.05, 4.69) is 92.1 Å². The Morgan fingerprint density at radius 1 is 0.493 bits per heavy atom. The lowest BCUT2D eigenvalue weighted by molar-refractivity contribution is -0.379. The molecular weight excluding hydrogens is 975 g/mol. The Morgan fingerprint density at radius 3 is 1.41 bits per heavy atom. The molecule has 3 saturated heterocycles. The number of nitrogens with one attached hydrogen (secondary N) is 1. The van der Waals surface area contributed by atoms with Crippen LogP contribution in [0.3, 0.4) is 0 Å². The van der Waals surface area contributed by atoms with Crippen molar-refractivity contribution in [1.29, 1.82) is 0 Å². The molecule has 0 radical (unpaired) electrons. The first kappa shape index (κ1) is 66.0. The van der Waals surface area contributed by atoms with Gasteiger partial charge in [0.1, 0.15) is 73.2 Å². The Kier molecular flexibility index (Phi) is 34.4. The summed E-state index contributed by atoms with van der Waals surface area (Å²) in [7, 11) is 0. The van der Waals surface area contributed by atoms with Gasteiger partial charge in [-0.2, -0.15) is 0 Å². The second-order valence-corrected chi connectivity index (χ2v) is 19.0. The Balaban J connectivity index is 1.49. The van der Waals surface area contributed by atoms with Crippen molar-refractivity contribution in [3.05, 3.63) is 97.2 Å². The Morgan fingerprint density at radius 2 is 0.920 bits per heavy atom. The van der Waals surface area contributed by atoms with Gasteiger partial charge in [0.15, 0.2) is 18.9 Å². The SMILES string of the molecule is CC/C=C\C/C=C\C/C=C\C/C=C\C/C=C\C/C=C\C/C=C\CCCC(=O)NC(COC1OC(CO)C(OC2OC(CO)C(OC3OC(CO)C(O)C(O)C3O)C(O)C2O)C(O)C1O)C(O)/C=C/CCCCCCC. The predicted molar refractivity (Wildman–Crippen MR) is 281 cm³/mol. The highest BCUT2D eigenvalue weighted by Gasteiger charge is 2.53. The molecule has 19 nitrogen and oxygen atoms in total. The zero-order valence-corrected chi connectivity index (χ0v) is 44.0. The van der Waals surface area contributed by atoms with E-state index in [0.717, 1.165) is 77.0 Å². The maximum Gasteiger partial charge on any atom is 0.220 e. The first-order valence-corrected chi connectivity index (χ1v) is 27.0. The maximum atomic E-state index is 13.2. The highest BCUT2D eigenvalue weighted by molar-refractivity contribution is 5.76. The van der Waals surface area contributed by atoms with E-state index in [-0.39, 0.29) is 18.9 Å². The molecule has 3 fully saturated rings. The van der Waals surface area contributed by atoms with Crippen LogP contribution in [-0.2, 0) is 33.2 Å². The van der Waals surface area contributed by atoms with E-state index in [9.17, 15) is 61.0 Å². The van der Waals surface area contributed by atoms with Gasteiger partial charge >= 0.3 is 0 Å². The lowest BCUT2D eigenvalue weighted by Crippen LogP contribution is -2.66. The van der Waals surface area contributed by atoms with Crippen LogP contribution in [0.25, 0.3) is 0 Å². The fraction of sp³-hybridized carbons (Fsp3) is 0.696. The van der Waals surface area contributed by atoms with Crippen LogP contribution < -0.4 is 5.32 Å². The fourth-order valence-electron chi connectivity index (χ4n) is 8.41. The minimum Gasteiger partial charge on any atom is -0.394 e. The van der Waals surface area contributed by atoms with Gasteiger partial charge in [-0.15, -0.1) is 0 Å². The molecule has 3 rings (SSSR count). The summed E-state index contributed by atoms with van der Waals surface area (Å²) in [6.07, 6.45) is 20.2. The molecule has 0 aromatic heterocycles. The zero-order valence-electron chi connectivity index (χ0n) is 44.0. The van der Waals surface area contributed by atoms with Crippen LogP contribution in [0.5, 0.6) is 0 Å². The van der Waals surface area contributed by atoms with Crippen LogP contribution in [0.2, 0.25) is 0 Å². The normalized spacial score (nSPS) is 32.0. The summed E-state index contributed by atoms with van der Waals surface area (Å²) in [5.41, 5.74) is 0. The van der Waals surface area contributed by atoms with Gasteiger partial charge in [0.2, 0.25) is 5.91 Å². The van der Waals surface area contributed by atoms with Crippen molar-refractivity contribution in [1.82, 2.24) is 5.32 Å². The molecule has 17 atom stereocenters. The standard InChI is InChI=1S/C56H91NO18/c1-3-5-7-9-11-12-13-14-15-16-17-18-19-20-21-22-23-24-25-26-28-30-32-34-44(62)57-39(40(61)33-31-29-27-10-8-6-4-2)38-70-54-50(68)47(65)52(42(36-59)72-54)75-56-51(69)48(66)53(43(37-60)73-56)74-55-49(67)46(64)45(63)41(35-58)71-55/h5,7,11-12,14-15,17-18,20-21,23-24,26,28,31,33,39-43,45-56,58-61,63-69H,3-4,6,8-10,13,16,19,22,25,27,29-30,32,34-38H2,1-2H3,(H,57,62)/b7-5-,12-11-,15-14-,18-17-,21-20-,24-23-,28-26-,33-31+. The number of carbonyl (C=O) groups is 1. The van der Waals surface area contributed by atoms with Crippen LogP contribution in [0.1, 0.15) is 117 Å². The smallest absolute Gasteiger partial charge is 0.220 e. The van der Waals surface area contributed by atoms with Crippen LogP contribution in [0.4, 0.5) is 0 Å². The Hall–Kier alpha value is -3.29. The Bertz CT molecular complexity index is 1750. The zero-order chi connectivity index (χ0) is 54.8. The van der Waals surface area contributed by atoms with E-state index in [1.165, 1.54) is 0 Å². The van der Waals surface area contributed by atoms with Gasteiger partial charge in [-0.1, -0.05) is 137 Å². The van der Waals surface area contributed by atoms with Crippen molar-refractivity contribution in [3.8, 4) is 0 Å². The maximum absolute atomic E-state index is 13.2. The molecule has 3 heterocycles. The fourth-order valence-corrected chi connectivity index (χ4v) is 8.41. The van der Waals surface area contributed by atoms with Gasteiger partial charge in [0.25, 0.3) is 0 Å². The number of hydrogen-bond acceptors (Lipinski definition) is 18. The molecule has 0 aliphatic carbocycles. The molecular formula is C56H91NO18. The second-order valence-electron chi connectivity index (χ2n) is 19.0. The van der Waals surface area contributed by atoms with Crippen LogP contribution >= 0.6 is 0 Å². The van der Waals surface area contributed by atoms with Crippen molar-refractivity contribution >= 4 is 5.91 Å². The third kappa shape index (κ3) is 24.1. The predicted octanol–water partition coefficient (Wildman–Crippen LogP) is 3.03. The summed E-state index contributed by atoms with van der Waals surface area (Å²) in [5, 5.41) is 119. The summed E-state index contributed by atoms with van der Waals surface area (Å²) >= 11 is 0. The van der Waals surface area contributed by atoms with Crippen molar-refractivity contribution < 1.29 is 89.4 Å². The molecule has 75 heavy (non-hydrogen) atoms. The number of unbranched alkanes of at least 4 members (excludes halogenated alkanes) is 6. The van der Waals surface area contributed by atoms with E-state index in [0.29, 0.717) is 19.3 Å². The van der Waals surface area contributed by atoms with Crippen molar-refractivity contribution in [3.63, 3.8) is 0 Å². The largest absolute Gasteiger partial charge is 0.394 e. The van der Waals surface area contributed by atoms with Gasteiger partial charge < -0.3 is 89.9 Å². The van der Waals surface area contributed by atoms with E-state index in [1.807, 2.05) is 18.2 Å². The number of amides is 1. The van der Waals surface area contributed by atoms with Gasteiger partial charge in [-0.3, -0.25) is 4.79 Å². The third-order valence-corrected chi connectivity index (χ3v) is 12.9. The van der Waals surface area contributed by atoms with Gasteiger partial charge in [-0.05, 0) is 70.6 Å². The van der Waals surface area contributed by atoms with Gasteiger partial charge in [-0.25, -0.2) is 0 Å². The van der Waals surface area contributed by atoms with Crippen LogP contribution in [0.15, 0.2) is 97.2 Å². The van der Waals surface area contributed by atoms with E-state index >= 15 is 0 Å². The molecule has 19 heteroatoms. The first-order chi connectivity index (χ1) is 36.3. The van der Waals surface area contributed by atoms with Gasteiger partial charge in [0.05, 0.1) is 38.6 Å². The molecule has 12 N–H and O–H groups in total. The highest BCUT2D eigenvalue weighted by atomic mass is 16.8. The molecule has 0 saturated carbocycles. The number of ether oxygens (including phenoxy) is 6. The van der Waals surface area contributed by atoms with Crippen molar-refractivity contribution in [2.75, 3.05) is 26.4 Å². The number of hydrogen-bond donors (Lipinski definition) is 12. The average molecular weight is 1070 g/mol. The van der Waals surface area contributed by atoms with Crippen molar-refractivity contribution in [2.45, 2.75) is 221 Å². The van der Waals surface area contributed by atoms with Crippen LogP contribution in [0, 0.1) is 0 Å². The number of rotatable bonds is 36. The van der Waals surface area contributed by atoms with E-state index < -0.39 is 124 Å². The van der Waals surface area contributed by atoms with Crippen LogP contribution in [-0.4, -0.2) is 193 Å². The first-order valence-electron chi connectivity index (χ1n) is 27.0. The molecule has 3 aliphatic rings. The second kappa shape index (κ2) is 39.1. The number of aliphatic hydroxyl groups excluding tert-OH is 11. The summed E-state index contributed by atoms with van der Waals surface area (Å²) in [5.74, 6) is -0.344. The highest BCUT2D eigenvalue weighted by Crippen LogP contribution is 2.33. The quantitative estimate of drug-likeness (QED) is 0.0317. The van der Waals surface area contributed by atoms with Gasteiger partial charge in [0, 0.05) is 6.42 Å². The number of allylic oxidation sites excluding steroid dienone is 15. The molecule has 1 amide bonds. The summed E-state index contributed by atoms with van der Waals surface area (Å²) in [4.78, 5) is 13.2. The topological polar surface area (TPSA) is 307 Å². The Labute approximate surface area is 443 Å². The molecule has 3 aliphatic heterocycles. The molecule has 17 unspecified atom stereocenters. The summed E-state index contributed by atoms with van der Waals surface area (Å²) in [6, 6.07) is -1.01.